The van der Waals surface area contributed by atoms with E-state index in [1.165, 1.54) is 12.0 Å². The molecule has 2 amide bonds. The summed E-state index contributed by atoms with van der Waals surface area (Å²) in [6, 6.07) is 0. The van der Waals surface area contributed by atoms with Crippen molar-refractivity contribution in [3.05, 3.63) is 35.5 Å². The Bertz CT molecular complexity index is 784. The molecule has 9 nitrogen and oxygen atoms in total. The van der Waals surface area contributed by atoms with Gasteiger partial charge in [0.05, 0.1) is 49.9 Å². The van der Waals surface area contributed by atoms with Crippen molar-refractivity contribution in [2.24, 2.45) is 0 Å². The van der Waals surface area contributed by atoms with Crippen LogP contribution in [0.4, 0.5) is 0 Å². The highest BCUT2D eigenvalue weighted by atomic mass is 79.9. The molecule has 3 unspecified atom stereocenters. The number of esters is 1. The summed E-state index contributed by atoms with van der Waals surface area (Å²) >= 11 is 15.0. The van der Waals surface area contributed by atoms with Crippen LogP contribution < -0.4 is 0 Å². The first-order valence-electron chi connectivity index (χ1n) is 13.3. The molecular formula is C29H51BrCl2N2O7. The molecule has 41 heavy (non-hydrogen) atoms. The zero-order chi connectivity index (χ0) is 32.5. The van der Waals surface area contributed by atoms with E-state index in [1.807, 2.05) is 13.8 Å². The van der Waals surface area contributed by atoms with Gasteiger partial charge in [0, 0.05) is 41.0 Å². The van der Waals surface area contributed by atoms with Crippen LogP contribution in [0.25, 0.3) is 0 Å². The molecule has 0 aromatic rings. The quantitative estimate of drug-likeness (QED) is 0.0865. The number of allylic oxidation sites excluding steroid dienone is 3. The van der Waals surface area contributed by atoms with Crippen LogP contribution in [-0.2, 0) is 33.3 Å². The van der Waals surface area contributed by atoms with Crippen LogP contribution in [0.2, 0.25) is 0 Å². The summed E-state index contributed by atoms with van der Waals surface area (Å²) in [6.45, 7) is 8.08. The fourth-order valence-corrected chi connectivity index (χ4v) is 3.27. The Hall–Kier alpha value is -1.91. The molecule has 0 aromatic carbocycles. The van der Waals surface area contributed by atoms with Crippen molar-refractivity contribution >= 4 is 56.9 Å². The van der Waals surface area contributed by atoms with Crippen LogP contribution in [0.5, 0.6) is 0 Å². The minimum atomic E-state index is -0.240. The molecule has 0 aliphatic carbocycles. The smallest absolute Gasteiger partial charge is 0.309 e. The van der Waals surface area contributed by atoms with E-state index in [9.17, 15) is 14.4 Å². The van der Waals surface area contributed by atoms with E-state index >= 15 is 0 Å². The Balaban J connectivity index is -0.000000530. The van der Waals surface area contributed by atoms with Gasteiger partial charge < -0.3 is 28.7 Å². The zero-order valence-corrected chi connectivity index (χ0v) is 29.7. The molecule has 0 radical (unpaired) electrons. The Morgan fingerprint density at radius 1 is 0.732 bits per heavy atom. The molecule has 0 saturated carbocycles. The van der Waals surface area contributed by atoms with Crippen molar-refractivity contribution in [3.8, 4) is 0 Å². The van der Waals surface area contributed by atoms with Crippen molar-refractivity contribution in [3.63, 3.8) is 0 Å². The largest absolute Gasteiger partial charge is 0.500 e. The number of carbonyl (C=O) groups excluding carboxylic acids is 3. The average Bonchev–Trinajstić information content (AvgIpc) is 2.89. The maximum absolute atomic E-state index is 11.2. The van der Waals surface area contributed by atoms with Crippen LogP contribution in [0.3, 0.4) is 0 Å². The average molecular weight is 691 g/mol. The van der Waals surface area contributed by atoms with Gasteiger partial charge in [-0.25, -0.2) is 0 Å². The summed E-state index contributed by atoms with van der Waals surface area (Å²) < 4.78 is 20.1. The molecule has 0 aromatic heterocycles. The second kappa shape index (κ2) is 27.0. The zero-order valence-electron chi connectivity index (χ0n) is 26.6. The molecule has 0 heterocycles. The van der Waals surface area contributed by atoms with Gasteiger partial charge >= 0.3 is 5.97 Å². The second-order valence-electron chi connectivity index (χ2n) is 9.04. The first kappa shape index (κ1) is 43.5. The second-order valence-corrected chi connectivity index (χ2v) is 11.7. The number of methoxy groups -OCH3 is 3. The molecule has 0 fully saturated rings. The van der Waals surface area contributed by atoms with Crippen LogP contribution >= 0.6 is 39.1 Å². The Kier molecular flexibility index (Phi) is 28.6. The molecule has 0 N–H and O–H groups in total. The standard InChI is InChI=1S/C11H19ClO3.C9H16BrNO2.C9H16ClNO2/c1-4-5-8-15-11(13)7-6-10(14-3)9(2)12;2*1-7(10)8(13-4)5-6-9(12)11(2)3/h6,9H,4-5,7-8H2,1-3H3;2*5,7H,6H2,1-4H3/b10-6-;2*8-5-. The lowest BCUT2D eigenvalue weighted by molar-refractivity contribution is -0.142. The number of hydrogen-bond donors (Lipinski definition) is 0. The van der Waals surface area contributed by atoms with E-state index in [4.69, 9.17) is 42.1 Å². The van der Waals surface area contributed by atoms with Gasteiger partial charge in [-0.05, 0) is 45.4 Å². The number of nitrogens with zero attached hydrogens (tertiary/aromatic N) is 2. The first-order chi connectivity index (χ1) is 19.1. The van der Waals surface area contributed by atoms with Crippen molar-refractivity contribution in [1.29, 1.82) is 0 Å². The number of amides is 2. The van der Waals surface area contributed by atoms with Gasteiger partial charge in [0.15, 0.2) is 0 Å². The molecule has 240 valence electrons. The fourth-order valence-electron chi connectivity index (χ4n) is 2.54. The SMILES string of the molecule is CCCCOC(=O)C/C=C(\OC)C(C)Cl.CO/C(=C\CC(=O)N(C)C)C(C)Br.CO/C(=C\CC(=O)N(C)C)C(C)Cl. The van der Waals surface area contributed by atoms with Crippen LogP contribution in [-0.4, -0.2) is 99.3 Å². The van der Waals surface area contributed by atoms with E-state index in [2.05, 4.69) is 15.9 Å². The van der Waals surface area contributed by atoms with Gasteiger partial charge in [0.25, 0.3) is 0 Å². The molecule has 0 spiro atoms. The summed E-state index contributed by atoms with van der Waals surface area (Å²) in [4.78, 5) is 36.8. The van der Waals surface area contributed by atoms with Crippen molar-refractivity contribution < 1.29 is 33.3 Å². The number of halogens is 3. The van der Waals surface area contributed by atoms with Crippen molar-refractivity contribution in [1.82, 2.24) is 9.80 Å². The molecule has 0 aliphatic heterocycles. The van der Waals surface area contributed by atoms with Gasteiger partial charge in [0.1, 0.15) is 17.3 Å². The lowest BCUT2D eigenvalue weighted by Gasteiger charge is -2.10. The lowest BCUT2D eigenvalue weighted by Crippen LogP contribution is -2.20. The highest BCUT2D eigenvalue weighted by Crippen LogP contribution is 2.13. The summed E-state index contributed by atoms with van der Waals surface area (Å²) in [5, 5.41) is -0.418. The number of carbonyl (C=O) groups is 3. The Labute approximate surface area is 266 Å². The third-order valence-corrected chi connectivity index (χ3v) is 5.95. The lowest BCUT2D eigenvalue weighted by atomic mass is 10.3. The maximum atomic E-state index is 11.2. The van der Waals surface area contributed by atoms with Gasteiger partial charge in [-0.1, -0.05) is 29.3 Å². The Morgan fingerprint density at radius 3 is 1.39 bits per heavy atom. The summed E-state index contributed by atoms with van der Waals surface area (Å²) in [6.07, 6.45) is 8.00. The van der Waals surface area contributed by atoms with Crippen molar-refractivity contribution in [2.75, 3.05) is 56.1 Å². The minimum absolute atomic E-state index is 0.0341. The molecular weight excluding hydrogens is 639 g/mol. The molecule has 0 bridgehead atoms. The fraction of sp³-hybridized carbons (Fsp3) is 0.690. The summed E-state index contributed by atoms with van der Waals surface area (Å²) in [5.74, 6) is 1.89. The molecule has 0 rings (SSSR count). The number of unbranched alkanes of at least 4 members (excludes halogenated alkanes) is 1. The highest BCUT2D eigenvalue weighted by molar-refractivity contribution is 9.09. The maximum Gasteiger partial charge on any atom is 0.309 e. The number of hydrogen-bond acceptors (Lipinski definition) is 7. The van der Waals surface area contributed by atoms with Crippen LogP contribution in [0.15, 0.2) is 35.5 Å². The topological polar surface area (TPSA) is 94.6 Å². The van der Waals surface area contributed by atoms with E-state index in [-0.39, 0.29) is 39.8 Å². The van der Waals surface area contributed by atoms with Crippen molar-refractivity contribution in [2.45, 2.75) is 75.4 Å². The predicted octanol–water partition coefficient (Wildman–Crippen LogP) is 6.28. The van der Waals surface area contributed by atoms with Gasteiger partial charge in [-0.2, -0.15) is 0 Å². The number of alkyl halides is 3. The van der Waals surface area contributed by atoms with E-state index in [1.54, 1.807) is 79.4 Å². The highest BCUT2D eigenvalue weighted by Gasteiger charge is 2.09. The summed E-state index contributed by atoms with van der Waals surface area (Å²) in [5.41, 5.74) is 0. The van der Waals surface area contributed by atoms with E-state index in [0.717, 1.165) is 18.6 Å². The van der Waals surface area contributed by atoms with Gasteiger partial charge in [0.2, 0.25) is 11.8 Å². The normalized spacial score (nSPS) is 13.7. The predicted molar refractivity (Wildman–Crippen MR) is 171 cm³/mol. The minimum Gasteiger partial charge on any atom is -0.500 e. The molecule has 0 saturated heterocycles. The summed E-state index contributed by atoms with van der Waals surface area (Å²) in [7, 11) is 11.6. The third kappa shape index (κ3) is 25.5. The number of rotatable bonds is 15. The van der Waals surface area contributed by atoms with Gasteiger partial charge in [-0.3, -0.25) is 14.4 Å². The Morgan fingerprint density at radius 2 is 1.10 bits per heavy atom. The van der Waals surface area contributed by atoms with Gasteiger partial charge in [-0.15, -0.1) is 23.2 Å². The molecule has 12 heteroatoms. The van der Waals surface area contributed by atoms with E-state index < -0.39 is 0 Å². The third-order valence-electron chi connectivity index (χ3n) is 5.07. The van der Waals surface area contributed by atoms with Crippen LogP contribution in [0, 0.1) is 0 Å². The molecule has 3 atom stereocenters. The van der Waals surface area contributed by atoms with E-state index in [0.29, 0.717) is 31.0 Å². The van der Waals surface area contributed by atoms with Crippen LogP contribution in [0.1, 0.15) is 59.8 Å². The first-order valence-corrected chi connectivity index (χ1v) is 15.1. The number of ether oxygens (including phenoxy) is 4. The monoisotopic (exact) mass is 688 g/mol. The molecule has 0 aliphatic rings.